The maximum absolute atomic E-state index is 12.4. The molecule has 0 bridgehead atoms. The Bertz CT molecular complexity index is 947. The van der Waals surface area contributed by atoms with Crippen LogP contribution in [0.25, 0.3) is 10.8 Å². The molecule has 1 amide bonds. The van der Waals surface area contributed by atoms with Gasteiger partial charge in [-0.15, -0.1) is 0 Å². The Morgan fingerprint density at radius 1 is 1.07 bits per heavy atom. The van der Waals surface area contributed by atoms with Crippen molar-refractivity contribution in [1.82, 2.24) is 5.32 Å². The van der Waals surface area contributed by atoms with E-state index in [4.69, 9.17) is 4.74 Å². The third kappa shape index (κ3) is 4.34. The average molecular weight is 361 g/mol. The summed E-state index contributed by atoms with van der Waals surface area (Å²) in [6.07, 6.45) is 1.56. The molecule has 3 aromatic rings. The Labute approximate surface area is 159 Å². The molecule has 3 rings (SSSR count). The van der Waals surface area contributed by atoms with Crippen LogP contribution in [0.2, 0.25) is 0 Å². The summed E-state index contributed by atoms with van der Waals surface area (Å²) in [6.45, 7) is 3.92. The lowest BCUT2D eigenvalue weighted by molar-refractivity contribution is -0.123. The van der Waals surface area contributed by atoms with Crippen LogP contribution >= 0.6 is 0 Å². The summed E-state index contributed by atoms with van der Waals surface area (Å²) in [7, 11) is 0. The smallest absolute Gasteiger partial charge is 0.258 e. The molecule has 4 heteroatoms. The first-order chi connectivity index (χ1) is 13.1. The van der Waals surface area contributed by atoms with E-state index in [-0.39, 0.29) is 18.6 Å². The van der Waals surface area contributed by atoms with E-state index < -0.39 is 0 Å². The second-order valence-corrected chi connectivity index (χ2v) is 6.54. The molecule has 4 nitrogen and oxygen atoms in total. The molecule has 0 saturated heterocycles. The molecule has 0 fully saturated rings. The number of hydrogen-bond donors (Lipinski definition) is 1. The Hall–Kier alpha value is -3.14. The summed E-state index contributed by atoms with van der Waals surface area (Å²) in [5.74, 6) is 0.203. The van der Waals surface area contributed by atoms with Crippen molar-refractivity contribution < 1.29 is 14.3 Å². The first-order valence-corrected chi connectivity index (χ1v) is 9.08. The van der Waals surface area contributed by atoms with E-state index in [2.05, 4.69) is 5.32 Å². The number of fused-ring (bicyclic) bond motifs is 1. The minimum Gasteiger partial charge on any atom is -0.483 e. The Kier molecular flexibility index (Phi) is 5.87. The topological polar surface area (TPSA) is 55.4 Å². The number of amides is 1. The highest BCUT2D eigenvalue weighted by molar-refractivity contribution is 6.00. The highest BCUT2D eigenvalue weighted by Crippen LogP contribution is 2.26. The fourth-order valence-corrected chi connectivity index (χ4v) is 3.12. The van der Waals surface area contributed by atoms with Crippen LogP contribution in [0, 0.1) is 6.92 Å². The van der Waals surface area contributed by atoms with Gasteiger partial charge in [0.25, 0.3) is 5.91 Å². The van der Waals surface area contributed by atoms with Crippen molar-refractivity contribution in [1.29, 1.82) is 0 Å². The number of carbonyl (C=O) groups excluding carboxylic acids is 2. The Morgan fingerprint density at radius 2 is 1.81 bits per heavy atom. The van der Waals surface area contributed by atoms with Crippen molar-refractivity contribution in [3.8, 4) is 5.75 Å². The van der Waals surface area contributed by atoms with E-state index in [9.17, 15) is 9.59 Å². The third-order valence-corrected chi connectivity index (χ3v) is 4.63. The number of hydrogen-bond acceptors (Lipinski definition) is 3. The fraction of sp³-hybridized carbons (Fsp3) is 0.217. The van der Waals surface area contributed by atoms with Crippen LogP contribution in [0.15, 0.2) is 60.7 Å². The van der Waals surface area contributed by atoms with Gasteiger partial charge in [0.1, 0.15) is 5.75 Å². The molecule has 27 heavy (non-hydrogen) atoms. The summed E-state index contributed by atoms with van der Waals surface area (Å²) < 4.78 is 5.66. The van der Waals surface area contributed by atoms with E-state index in [1.54, 1.807) is 6.07 Å². The summed E-state index contributed by atoms with van der Waals surface area (Å²) >= 11 is 0. The van der Waals surface area contributed by atoms with Crippen molar-refractivity contribution in [2.75, 3.05) is 6.61 Å². The third-order valence-electron chi connectivity index (χ3n) is 4.63. The highest BCUT2D eigenvalue weighted by atomic mass is 16.5. The van der Waals surface area contributed by atoms with Crippen LogP contribution in [0.4, 0.5) is 0 Å². The molecule has 1 atom stereocenters. The van der Waals surface area contributed by atoms with Gasteiger partial charge in [0, 0.05) is 0 Å². The number of ether oxygens (including phenoxy) is 1. The van der Waals surface area contributed by atoms with Crippen LogP contribution in [-0.2, 0) is 4.79 Å². The first kappa shape index (κ1) is 18.6. The fourth-order valence-electron chi connectivity index (χ4n) is 3.12. The second-order valence-electron chi connectivity index (χ2n) is 6.54. The summed E-state index contributed by atoms with van der Waals surface area (Å²) in [6, 6.07) is 19.3. The van der Waals surface area contributed by atoms with Crippen molar-refractivity contribution in [3.05, 3.63) is 77.4 Å². The molecule has 0 radical (unpaired) electrons. The first-order valence-electron chi connectivity index (χ1n) is 9.08. The van der Waals surface area contributed by atoms with Crippen LogP contribution < -0.4 is 10.1 Å². The minimum absolute atomic E-state index is 0.0659. The molecular weight excluding hydrogens is 338 g/mol. The molecule has 0 saturated carbocycles. The van der Waals surface area contributed by atoms with Gasteiger partial charge in [-0.1, -0.05) is 67.1 Å². The summed E-state index contributed by atoms with van der Waals surface area (Å²) in [5.41, 5.74) is 2.71. The molecule has 0 aromatic heterocycles. The van der Waals surface area contributed by atoms with Crippen molar-refractivity contribution in [2.24, 2.45) is 0 Å². The van der Waals surface area contributed by atoms with E-state index >= 15 is 0 Å². The Morgan fingerprint density at radius 3 is 2.52 bits per heavy atom. The van der Waals surface area contributed by atoms with Crippen LogP contribution in [0.3, 0.4) is 0 Å². The lowest BCUT2D eigenvalue weighted by Gasteiger charge is -2.18. The number of nitrogens with one attached hydrogen (secondary N) is 1. The standard InChI is InChI=1S/C23H23NO3/c1-3-21(18-10-8-16(2)9-11-18)24-23(26)15-27-22-13-12-17-6-4-5-7-19(17)20(22)14-25/h4-14,21H,3,15H2,1-2H3,(H,24,26)/t21-/m1/s1. The van der Waals surface area contributed by atoms with Gasteiger partial charge in [-0.3, -0.25) is 9.59 Å². The quantitative estimate of drug-likeness (QED) is 0.625. The van der Waals surface area contributed by atoms with Gasteiger partial charge in [-0.05, 0) is 35.7 Å². The van der Waals surface area contributed by atoms with Gasteiger partial charge < -0.3 is 10.1 Å². The number of rotatable bonds is 7. The minimum atomic E-state index is -0.215. The van der Waals surface area contributed by atoms with Gasteiger partial charge in [-0.2, -0.15) is 0 Å². The molecular formula is C23H23NO3. The number of benzene rings is 3. The highest BCUT2D eigenvalue weighted by Gasteiger charge is 2.14. The molecule has 0 unspecified atom stereocenters. The van der Waals surface area contributed by atoms with Gasteiger partial charge in [0.15, 0.2) is 12.9 Å². The van der Waals surface area contributed by atoms with Crippen LogP contribution in [-0.4, -0.2) is 18.8 Å². The maximum Gasteiger partial charge on any atom is 0.258 e. The van der Waals surface area contributed by atoms with Crippen molar-refractivity contribution >= 4 is 23.0 Å². The molecule has 0 heterocycles. The van der Waals surface area contributed by atoms with Gasteiger partial charge >= 0.3 is 0 Å². The van der Waals surface area contributed by atoms with Gasteiger partial charge in [0.2, 0.25) is 0 Å². The monoisotopic (exact) mass is 361 g/mol. The second kappa shape index (κ2) is 8.49. The number of carbonyl (C=O) groups is 2. The molecule has 0 aliphatic carbocycles. The van der Waals surface area contributed by atoms with Crippen LogP contribution in [0.1, 0.15) is 40.9 Å². The molecule has 1 N–H and O–H groups in total. The lowest BCUT2D eigenvalue weighted by atomic mass is 10.0. The largest absolute Gasteiger partial charge is 0.483 e. The van der Waals surface area contributed by atoms with E-state index in [1.165, 1.54) is 5.56 Å². The van der Waals surface area contributed by atoms with Gasteiger partial charge in [-0.25, -0.2) is 0 Å². The summed E-state index contributed by atoms with van der Waals surface area (Å²) in [4.78, 5) is 23.9. The summed E-state index contributed by atoms with van der Waals surface area (Å²) in [5, 5.41) is 4.77. The van der Waals surface area contributed by atoms with Crippen molar-refractivity contribution in [2.45, 2.75) is 26.3 Å². The number of aryl methyl sites for hydroxylation is 1. The molecule has 0 aliphatic heterocycles. The zero-order valence-electron chi connectivity index (χ0n) is 15.6. The van der Waals surface area contributed by atoms with E-state index in [0.717, 1.165) is 29.0 Å². The zero-order chi connectivity index (χ0) is 19.2. The Balaban J connectivity index is 1.69. The number of aldehydes is 1. The molecule has 138 valence electrons. The SMILES string of the molecule is CC[C@@H](NC(=O)COc1ccc2ccccc2c1C=O)c1ccc(C)cc1. The normalized spacial score (nSPS) is 11.8. The van der Waals surface area contributed by atoms with Crippen molar-refractivity contribution in [3.63, 3.8) is 0 Å². The van der Waals surface area contributed by atoms with E-state index in [1.807, 2.05) is 68.4 Å². The predicted octanol–water partition coefficient (Wildman–Crippen LogP) is 4.61. The van der Waals surface area contributed by atoms with Gasteiger partial charge in [0.05, 0.1) is 11.6 Å². The van der Waals surface area contributed by atoms with E-state index in [0.29, 0.717) is 11.3 Å². The molecule has 3 aromatic carbocycles. The average Bonchev–Trinajstić information content (AvgIpc) is 2.70. The lowest BCUT2D eigenvalue weighted by Crippen LogP contribution is -2.32. The predicted molar refractivity (Wildman–Crippen MR) is 107 cm³/mol. The molecule has 0 aliphatic rings. The molecule has 0 spiro atoms. The maximum atomic E-state index is 12.4. The van der Waals surface area contributed by atoms with Crippen LogP contribution in [0.5, 0.6) is 5.75 Å². The zero-order valence-corrected chi connectivity index (χ0v) is 15.6.